The lowest BCUT2D eigenvalue weighted by Gasteiger charge is -2.14. The monoisotopic (exact) mass is 561 g/mol. The molecule has 0 N–H and O–H groups in total. The molecule has 2 heterocycles. The van der Waals surface area contributed by atoms with Crippen molar-refractivity contribution >= 4 is 43.6 Å². The summed E-state index contributed by atoms with van der Waals surface area (Å²) < 4.78 is 4.72. The van der Waals surface area contributed by atoms with E-state index in [-0.39, 0.29) is 0 Å². The van der Waals surface area contributed by atoms with Gasteiger partial charge in [0.2, 0.25) is 0 Å². The quantitative estimate of drug-likeness (QED) is 0.210. The van der Waals surface area contributed by atoms with Crippen molar-refractivity contribution in [1.29, 1.82) is 0 Å². The molecule has 3 nitrogen and oxygen atoms in total. The van der Waals surface area contributed by atoms with Gasteiger partial charge < -0.3 is 4.57 Å². The first-order chi connectivity index (χ1) is 21.8. The van der Waals surface area contributed by atoms with Gasteiger partial charge in [-0.15, -0.1) is 0 Å². The van der Waals surface area contributed by atoms with Gasteiger partial charge in [-0.25, -0.2) is 4.98 Å². The molecule has 0 amide bonds. The summed E-state index contributed by atoms with van der Waals surface area (Å²) in [4.78, 5) is 5.33. The number of imidazole rings is 1. The fourth-order valence-corrected chi connectivity index (χ4v) is 6.76. The number of aromatic nitrogens is 3. The van der Waals surface area contributed by atoms with E-state index in [0.717, 1.165) is 33.8 Å². The van der Waals surface area contributed by atoms with Crippen LogP contribution in [0.4, 0.5) is 0 Å². The van der Waals surface area contributed by atoms with Crippen molar-refractivity contribution in [2.24, 2.45) is 0 Å². The van der Waals surface area contributed by atoms with Gasteiger partial charge >= 0.3 is 0 Å². The Labute approximate surface area is 254 Å². The van der Waals surface area contributed by atoms with Crippen LogP contribution in [0.2, 0.25) is 0 Å². The third-order valence-corrected chi connectivity index (χ3v) is 8.69. The van der Waals surface area contributed by atoms with Crippen molar-refractivity contribution in [2.45, 2.75) is 0 Å². The molecule has 7 aromatic carbocycles. The molecule has 0 aliphatic carbocycles. The third-order valence-electron chi connectivity index (χ3n) is 8.69. The summed E-state index contributed by atoms with van der Waals surface area (Å²) >= 11 is 0. The molecule has 0 atom stereocenters. The predicted molar refractivity (Wildman–Crippen MR) is 184 cm³/mol. The molecule has 44 heavy (non-hydrogen) atoms. The van der Waals surface area contributed by atoms with E-state index in [0.29, 0.717) is 0 Å². The minimum Gasteiger partial charge on any atom is -0.309 e. The SMILES string of the molecule is c1ccc(-c2cc3c4ccccc4n(-c4ccccc4)c3c3cc4nc(-c5ccccc5)n(-c5ccccc5)c4cc23)cc1. The predicted octanol–water partition coefficient (Wildman–Crippen LogP) is 10.6. The Bertz CT molecular complexity index is 2460. The number of benzene rings is 7. The lowest BCUT2D eigenvalue weighted by molar-refractivity contribution is 1.10. The largest absolute Gasteiger partial charge is 0.309 e. The summed E-state index contributed by atoms with van der Waals surface area (Å²) in [5.41, 5.74) is 10.2. The molecule has 0 saturated heterocycles. The van der Waals surface area contributed by atoms with E-state index in [2.05, 4.69) is 173 Å². The lowest BCUT2D eigenvalue weighted by atomic mass is 9.94. The molecule has 0 bridgehead atoms. The third kappa shape index (κ3) is 3.73. The van der Waals surface area contributed by atoms with E-state index >= 15 is 0 Å². The van der Waals surface area contributed by atoms with Crippen molar-refractivity contribution in [1.82, 2.24) is 14.1 Å². The molecule has 0 aliphatic heterocycles. The Morgan fingerprint density at radius 1 is 0.386 bits per heavy atom. The Morgan fingerprint density at radius 2 is 0.932 bits per heavy atom. The van der Waals surface area contributed by atoms with Crippen molar-refractivity contribution in [2.75, 3.05) is 0 Å². The fraction of sp³-hybridized carbons (Fsp3) is 0. The van der Waals surface area contributed by atoms with Crippen LogP contribution in [0.3, 0.4) is 0 Å². The highest BCUT2D eigenvalue weighted by Gasteiger charge is 2.21. The molecule has 2 aromatic heterocycles. The smallest absolute Gasteiger partial charge is 0.145 e. The summed E-state index contributed by atoms with van der Waals surface area (Å²) in [6.45, 7) is 0. The van der Waals surface area contributed by atoms with Crippen LogP contribution in [-0.4, -0.2) is 14.1 Å². The first-order valence-corrected chi connectivity index (χ1v) is 15.0. The summed E-state index contributed by atoms with van der Waals surface area (Å²) in [6.07, 6.45) is 0. The van der Waals surface area contributed by atoms with Gasteiger partial charge in [0.1, 0.15) is 5.82 Å². The average Bonchev–Trinajstić information content (AvgIpc) is 3.64. The van der Waals surface area contributed by atoms with Crippen LogP contribution in [0, 0.1) is 0 Å². The van der Waals surface area contributed by atoms with Gasteiger partial charge in [-0.3, -0.25) is 4.57 Å². The first kappa shape index (κ1) is 24.6. The Hall–Kier alpha value is -5.93. The second kappa shape index (κ2) is 9.82. The molecule has 206 valence electrons. The van der Waals surface area contributed by atoms with E-state index in [1.165, 1.54) is 43.7 Å². The maximum atomic E-state index is 5.33. The second-order valence-electron chi connectivity index (χ2n) is 11.2. The standard InChI is InChI=1S/C41H27N3/c1-5-15-28(16-6-1)33-25-35-32-23-13-14-24-38(32)43(30-19-9-3-10-20-30)40(35)36-26-37-39(27-34(33)36)44(31-21-11-4-12-22-31)41(42-37)29-17-7-2-8-18-29/h1-27H. The van der Waals surface area contributed by atoms with Gasteiger partial charge in [0.15, 0.2) is 0 Å². The molecule has 0 radical (unpaired) electrons. The van der Waals surface area contributed by atoms with Crippen molar-refractivity contribution in [3.8, 4) is 33.9 Å². The molecule has 9 aromatic rings. The Balaban J connectivity index is 1.50. The van der Waals surface area contributed by atoms with E-state index in [4.69, 9.17) is 4.98 Å². The highest BCUT2D eigenvalue weighted by Crippen LogP contribution is 2.43. The van der Waals surface area contributed by atoms with Crippen LogP contribution >= 0.6 is 0 Å². The number of rotatable bonds is 4. The zero-order valence-corrected chi connectivity index (χ0v) is 23.9. The molecule has 3 heteroatoms. The normalized spacial score (nSPS) is 11.6. The van der Waals surface area contributed by atoms with E-state index in [1.54, 1.807) is 0 Å². The van der Waals surface area contributed by atoms with Crippen LogP contribution in [0.25, 0.3) is 77.5 Å². The van der Waals surface area contributed by atoms with Gasteiger partial charge in [-0.2, -0.15) is 0 Å². The number of hydrogen-bond acceptors (Lipinski definition) is 1. The molecule has 0 spiro atoms. The van der Waals surface area contributed by atoms with E-state index in [1.807, 2.05) is 0 Å². The number of nitrogens with zero attached hydrogens (tertiary/aromatic N) is 3. The molecule has 0 saturated carbocycles. The second-order valence-corrected chi connectivity index (χ2v) is 11.2. The van der Waals surface area contributed by atoms with Crippen LogP contribution in [0.5, 0.6) is 0 Å². The zero-order chi connectivity index (χ0) is 29.0. The molecular weight excluding hydrogens is 534 g/mol. The van der Waals surface area contributed by atoms with Crippen molar-refractivity contribution in [3.63, 3.8) is 0 Å². The van der Waals surface area contributed by atoms with Gasteiger partial charge in [0, 0.05) is 33.1 Å². The van der Waals surface area contributed by atoms with Crippen molar-refractivity contribution < 1.29 is 0 Å². The Morgan fingerprint density at radius 3 is 1.61 bits per heavy atom. The van der Waals surface area contributed by atoms with Gasteiger partial charge in [0.25, 0.3) is 0 Å². The minimum absolute atomic E-state index is 0.934. The van der Waals surface area contributed by atoms with E-state index < -0.39 is 0 Å². The maximum absolute atomic E-state index is 5.33. The summed E-state index contributed by atoms with van der Waals surface area (Å²) in [7, 11) is 0. The van der Waals surface area contributed by atoms with Gasteiger partial charge in [-0.05, 0) is 65.0 Å². The fourth-order valence-electron chi connectivity index (χ4n) is 6.76. The van der Waals surface area contributed by atoms with Gasteiger partial charge in [-0.1, -0.05) is 115 Å². The highest BCUT2D eigenvalue weighted by atomic mass is 15.1. The molecule has 9 rings (SSSR count). The summed E-state index contributed by atoms with van der Waals surface area (Å²) in [5, 5.41) is 4.87. The van der Waals surface area contributed by atoms with Gasteiger partial charge in [0.05, 0.1) is 22.1 Å². The van der Waals surface area contributed by atoms with Crippen LogP contribution in [0.1, 0.15) is 0 Å². The molecule has 0 unspecified atom stereocenters. The molecule has 0 fully saturated rings. The molecular formula is C41H27N3. The maximum Gasteiger partial charge on any atom is 0.145 e. The number of hydrogen-bond donors (Lipinski definition) is 0. The minimum atomic E-state index is 0.934. The highest BCUT2D eigenvalue weighted by molar-refractivity contribution is 6.23. The topological polar surface area (TPSA) is 22.8 Å². The summed E-state index contributed by atoms with van der Waals surface area (Å²) in [5.74, 6) is 0.934. The average molecular weight is 562 g/mol. The van der Waals surface area contributed by atoms with Crippen LogP contribution < -0.4 is 0 Å². The molecule has 0 aliphatic rings. The van der Waals surface area contributed by atoms with Crippen molar-refractivity contribution in [3.05, 3.63) is 164 Å². The number of fused-ring (bicyclic) bond motifs is 6. The number of para-hydroxylation sites is 3. The van der Waals surface area contributed by atoms with Crippen LogP contribution in [-0.2, 0) is 0 Å². The van der Waals surface area contributed by atoms with E-state index in [9.17, 15) is 0 Å². The first-order valence-electron chi connectivity index (χ1n) is 15.0. The lowest BCUT2D eigenvalue weighted by Crippen LogP contribution is -1.97. The van der Waals surface area contributed by atoms with Crippen LogP contribution in [0.15, 0.2) is 164 Å². The Kier molecular flexibility index (Phi) is 5.50. The summed E-state index contributed by atoms with van der Waals surface area (Å²) in [6, 6.07) is 58.3. The zero-order valence-electron chi connectivity index (χ0n) is 23.9.